The predicted octanol–water partition coefficient (Wildman–Crippen LogP) is 2.24. The molecule has 0 aromatic heterocycles. The van der Waals surface area contributed by atoms with Crippen molar-refractivity contribution in [3.05, 3.63) is 29.3 Å². The highest BCUT2D eigenvalue weighted by Crippen LogP contribution is 2.19. The van der Waals surface area contributed by atoms with Crippen molar-refractivity contribution in [1.29, 1.82) is 0 Å². The van der Waals surface area contributed by atoms with E-state index >= 15 is 0 Å². The molecule has 15 heavy (non-hydrogen) atoms. The SMILES string of the molecule is CCC(Oc1cccc(Cl)c1)C(=O)NC. The van der Waals surface area contributed by atoms with E-state index in [1.165, 1.54) is 0 Å². The van der Waals surface area contributed by atoms with E-state index < -0.39 is 6.10 Å². The first-order valence-corrected chi connectivity index (χ1v) is 5.19. The molecular weight excluding hydrogens is 214 g/mol. The van der Waals surface area contributed by atoms with Crippen molar-refractivity contribution >= 4 is 17.5 Å². The highest BCUT2D eigenvalue weighted by atomic mass is 35.5. The minimum atomic E-state index is -0.464. The quantitative estimate of drug-likeness (QED) is 0.857. The van der Waals surface area contributed by atoms with E-state index in [1.54, 1.807) is 31.3 Å². The minimum Gasteiger partial charge on any atom is -0.481 e. The number of hydrogen-bond acceptors (Lipinski definition) is 2. The molecule has 1 N–H and O–H groups in total. The first-order chi connectivity index (χ1) is 7.17. The molecule has 0 aliphatic heterocycles. The molecule has 4 heteroatoms. The second-order valence-electron chi connectivity index (χ2n) is 3.09. The van der Waals surface area contributed by atoms with Gasteiger partial charge in [-0.3, -0.25) is 4.79 Å². The van der Waals surface area contributed by atoms with Crippen LogP contribution in [0, 0.1) is 0 Å². The number of halogens is 1. The molecule has 3 nitrogen and oxygen atoms in total. The van der Waals surface area contributed by atoms with Gasteiger partial charge < -0.3 is 10.1 Å². The van der Waals surface area contributed by atoms with E-state index in [9.17, 15) is 4.79 Å². The lowest BCUT2D eigenvalue weighted by molar-refractivity contribution is -0.127. The van der Waals surface area contributed by atoms with Crippen LogP contribution in [0.3, 0.4) is 0 Å². The molecule has 0 saturated heterocycles. The lowest BCUT2D eigenvalue weighted by Gasteiger charge is -2.15. The van der Waals surface area contributed by atoms with Gasteiger partial charge in [0.1, 0.15) is 5.75 Å². The maximum Gasteiger partial charge on any atom is 0.260 e. The van der Waals surface area contributed by atoms with Crippen LogP contribution in [0.25, 0.3) is 0 Å². The van der Waals surface area contributed by atoms with Crippen LogP contribution in [0.1, 0.15) is 13.3 Å². The van der Waals surface area contributed by atoms with Crippen molar-refractivity contribution in [2.45, 2.75) is 19.4 Å². The summed E-state index contributed by atoms with van der Waals surface area (Å²) < 4.78 is 5.50. The van der Waals surface area contributed by atoms with Gasteiger partial charge in [-0.05, 0) is 24.6 Å². The number of carbonyl (C=O) groups is 1. The van der Waals surface area contributed by atoms with E-state index in [4.69, 9.17) is 16.3 Å². The zero-order valence-corrected chi connectivity index (χ0v) is 9.54. The zero-order valence-electron chi connectivity index (χ0n) is 8.79. The molecule has 0 fully saturated rings. The predicted molar refractivity (Wildman–Crippen MR) is 60.2 cm³/mol. The molecule has 82 valence electrons. The summed E-state index contributed by atoms with van der Waals surface area (Å²) in [5.74, 6) is 0.482. The molecular formula is C11H14ClNO2. The van der Waals surface area contributed by atoms with Gasteiger partial charge >= 0.3 is 0 Å². The Balaban J connectivity index is 2.70. The standard InChI is InChI=1S/C11H14ClNO2/c1-3-10(11(14)13-2)15-9-6-4-5-8(12)7-9/h4-7,10H,3H2,1-2H3,(H,13,14). The van der Waals surface area contributed by atoms with Crippen molar-refractivity contribution in [2.24, 2.45) is 0 Å². The molecule has 0 spiro atoms. The Morgan fingerprint density at radius 2 is 2.33 bits per heavy atom. The summed E-state index contributed by atoms with van der Waals surface area (Å²) in [7, 11) is 1.59. The molecule has 0 aliphatic carbocycles. The molecule has 0 radical (unpaired) electrons. The molecule has 0 saturated carbocycles. The maximum absolute atomic E-state index is 11.4. The van der Waals surface area contributed by atoms with Crippen molar-refractivity contribution < 1.29 is 9.53 Å². The van der Waals surface area contributed by atoms with E-state index in [0.29, 0.717) is 17.2 Å². The van der Waals surface area contributed by atoms with Crippen LogP contribution in [0.2, 0.25) is 5.02 Å². The van der Waals surface area contributed by atoms with Gasteiger partial charge in [0, 0.05) is 12.1 Å². The van der Waals surface area contributed by atoms with E-state index in [2.05, 4.69) is 5.32 Å². The summed E-state index contributed by atoms with van der Waals surface area (Å²) in [4.78, 5) is 11.4. The number of amides is 1. The van der Waals surface area contributed by atoms with Gasteiger partial charge in [0.2, 0.25) is 0 Å². The van der Waals surface area contributed by atoms with Gasteiger partial charge in [-0.2, -0.15) is 0 Å². The third kappa shape index (κ3) is 3.44. The first kappa shape index (κ1) is 11.9. The van der Waals surface area contributed by atoms with E-state index in [0.717, 1.165) is 0 Å². The summed E-state index contributed by atoms with van der Waals surface area (Å²) in [5.41, 5.74) is 0. The molecule has 1 amide bonds. The summed E-state index contributed by atoms with van der Waals surface area (Å²) >= 11 is 5.80. The Bertz CT molecular complexity index is 341. The zero-order chi connectivity index (χ0) is 11.3. The van der Waals surface area contributed by atoms with Gasteiger partial charge in [0.05, 0.1) is 0 Å². The summed E-state index contributed by atoms with van der Waals surface area (Å²) in [6.07, 6.45) is 0.153. The molecule has 0 bridgehead atoms. The third-order valence-electron chi connectivity index (χ3n) is 1.98. The average molecular weight is 228 g/mol. The Kier molecular flexibility index (Phi) is 4.43. The highest BCUT2D eigenvalue weighted by molar-refractivity contribution is 6.30. The molecule has 1 aromatic carbocycles. The van der Waals surface area contributed by atoms with Gasteiger partial charge in [0.15, 0.2) is 6.10 Å². The number of carbonyl (C=O) groups excluding carboxylic acids is 1. The second-order valence-corrected chi connectivity index (χ2v) is 3.52. The molecule has 1 aromatic rings. The van der Waals surface area contributed by atoms with Crippen molar-refractivity contribution in [3.8, 4) is 5.75 Å². The van der Waals surface area contributed by atoms with Crippen LogP contribution in [-0.4, -0.2) is 19.1 Å². The second kappa shape index (κ2) is 5.61. The summed E-state index contributed by atoms with van der Waals surface area (Å²) in [5, 5.41) is 3.15. The van der Waals surface area contributed by atoms with Gasteiger partial charge in [-0.15, -0.1) is 0 Å². The molecule has 1 unspecified atom stereocenters. The van der Waals surface area contributed by atoms with Crippen LogP contribution in [0.4, 0.5) is 0 Å². The number of ether oxygens (including phenoxy) is 1. The highest BCUT2D eigenvalue weighted by Gasteiger charge is 2.16. The van der Waals surface area contributed by atoms with Crippen LogP contribution in [-0.2, 0) is 4.79 Å². The summed E-state index contributed by atoms with van der Waals surface area (Å²) in [6, 6.07) is 7.01. The fourth-order valence-electron chi connectivity index (χ4n) is 1.19. The number of rotatable bonds is 4. The molecule has 0 heterocycles. The topological polar surface area (TPSA) is 38.3 Å². The van der Waals surface area contributed by atoms with E-state index in [-0.39, 0.29) is 5.91 Å². The van der Waals surface area contributed by atoms with Gasteiger partial charge in [-0.25, -0.2) is 0 Å². The third-order valence-corrected chi connectivity index (χ3v) is 2.22. The lowest BCUT2D eigenvalue weighted by atomic mass is 10.2. The number of nitrogens with one attached hydrogen (secondary N) is 1. The fourth-order valence-corrected chi connectivity index (χ4v) is 1.37. The Morgan fingerprint density at radius 1 is 1.60 bits per heavy atom. The largest absolute Gasteiger partial charge is 0.481 e. The maximum atomic E-state index is 11.4. The van der Waals surface area contributed by atoms with Crippen molar-refractivity contribution in [1.82, 2.24) is 5.32 Å². The number of benzene rings is 1. The fraction of sp³-hybridized carbons (Fsp3) is 0.364. The average Bonchev–Trinajstić information content (AvgIpc) is 2.25. The van der Waals surface area contributed by atoms with Crippen LogP contribution in [0.15, 0.2) is 24.3 Å². The van der Waals surface area contributed by atoms with Crippen molar-refractivity contribution in [2.75, 3.05) is 7.05 Å². The monoisotopic (exact) mass is 227 g/mol. The lowest BCUT2D eigenvalue weighted by Crippen LogP contribution is -2.35. The van der Waals surface area contributed by atoms with Crippen molar-refractivity contribution in [3.63, 3.8) is 0 Å². The number of hydrogen-bond donors (Lipinski definition) is 1. The summed E-state index contributed by atoms with van der Waals surface area (Å²) in [6.45, 7) is 1.89. The van der Waals surface area contributed by atoms with E-state index in [1.807, 2.05) is 6.92 Å². The normalized spacial score (nSPS) is 11.9. The minimum absolute atomic E-state index is 0.127. The first-order valence-electron chi connectivity index (χ1n) is 4.81. The molecule has 1 atom stereocenters. The molecule has 1 rings (SSSR count). The Morgan fingerprint density at radius 3 is 2.87 bits per heavy atom. The smallest absolute Gasteiger partial charge is 0.260 e. The van der Waals surface area contributed by atoms with Crippen LogP contribution in [0.5, 0.6) is 5.75 Å². The number of likely N-dealkylation sites (N-methyl/N-ethyl adjacent to an activating group) is 1. The van der Waals surface area contributed by atoms with Crippen LogP contribution >= 0.6 is 11.6 Å². The Hall–Kier alpha value is -1.22. The molecule has 0 aliphatic rings. The van der Waals surface area contributed by atoms with Gasteiger partial charge in [-0.1, -0.05) is 24.6 Å². The Labute approximate surface area is 94.4 Å². The van der Waals surface area contributed by atoms with Crippen LogP contribution < -0.4 is 10.1 Å². The van der Waals surface area contributed by atoms with Gasteiger partial charge in [0.25, 0.3) is 5.91 Å².